The Labute approximate surface area is 320 Å². The Morgan fingerprint density at radius 3 is 2.15 bits per heavy atom. The van der Waals surface area contributed by atoms with Crippen LogP contribution in [0.3, 0.4) is 0 Å². The Hall–Kier alpha value is -3.70. The first-order valence-corrected chi connectivity index (χ1v) is 21.2. The van der Waals surface area contributed by atoms with Crippen molar-refractivity contribution in [2.75, 3.05) is 57.5 Å². The van der Waals surface area contributed by atoms with Crippen LogP contribution < -0.4 is 16.0 Å². The van der Waals surface area contributed by atoms with Crippen LogP contribution in [0.15, 0.2) is 82.3 Å². The van der Waals surface area contributed by atoms with Crippen LogP contribution in [-0.4, -0.2) is 94.7 Å². The van der Waals surface area contributed by atoms with Gasteiger partial charge in [0.05, 0.1) is 41.6 Å². The van der Waals surface area contributed by atoms with E-state index < -0.39 is 31.1 Å². The molecule has 54 heavy (non-hydrogen) atoms. The van der Waals surface area contributed by atoms with Gasteiger partial charge in [-0.1, -0.05) is 32.1 Å². The molecular formula is C39H55N4O9S2+. The van der Waals surface area contributed by atoms with Crippen LogP contribution in [0.4, 0.5) is 11.4 Å². The first kappa shape index (κ1) is 43.0. The van der Waals surface area contributed by atoms with Gasteiger partial charge in [-0.25, -0.2) is 0 Å². The summed E-state index contributed by atoms with van der Waals surface area (Å²) in [4.78, 5) is 14.2. The van der Waals surface area contributed by atoms with E-state index in [-0.39, 0.29) is 15.7 Å². The molecule has 0 saturated carbocycles. The molecule has 0 unspecified atom stereocenters. The summed E-state index contributed by atoms with van der Waals surface area (Å²) in [6.07, 6.45) is 12.5. The molecule has 2 aromatic carbocycles. The Morgan fingerprint density at radius 1 is 0.852 bits per heavy atom. The number of carbonyl (C=O) groups is 1. The average molecular weight is 788 g/mol. The second-order valence-electron chi connectivity index (χ2n) is 14.3. The molecule has 0 saturated heterocycles. The molecule has 0 aromatic heterocycles. The Bertz CT molecular complexity index is 2020. The minimum atomic E-state index is -4.40. The van der Waals surface area contributed by atoms with Gasteiger partial charge in [0.25, 0.3) is 20.2 Å². The molecule has 0 aliphatic carbocycles. The summed E-state index contributed by atoms with van der Waals surface area (Å²) in [5, 5.41) is 2.88. The maximum atomic E-state index is 12.3. The van der Waals surface area contributed by atoms with E-state index >= 15 is 0 Å². The third-order valence-electron chi connectivity index (χ3n) is 9.86. The van der Waals surface area contributed by atoms with Crippen LogP contribution in [0.1, 0.15) is 71.4 Å². The SMILES string of the molecule is CCN1\C(=C/C=C/C=C/C2=[N+](CCCCCC(=O)NCCOCCOCCN)c3ccc(S(=O)(=O)O)cc3C2(C)C)C(C)(C)c2cc(S(=O)(=O)O)ccc21. The topological polar surface area (TPSA) is 189 Å². The lowest BCUT2D eigenvalue weighted by molar-refractivity contribution is -0.438. The molecule has 1 amide bonds. The van der Waals surface area contributed by atoms with E-state index in [1.54, 1.807) is 12.1 Å². The molecule has 13 nitrogen and oxygen atoms in total. The lowest BCUT2D eigenvalue weighted by atomic mass is 9.81. The van der Waals surface area contributed by atoms with Crippen molar-refractivity contribution in [3.63, 3.8) is 0 Å². The van der Waals surface area contributed by atoms with Gasteiger partial charge in [-0.15, -0.1) is 0 Å². The highest BCUT2D eigenvalue weighted by Gasteiger charge is 2.45. The van der Waals surface area contributed by atoms with Crippen molar-refractivity contribution < 1.29 is 44.8 Å². The van der Waals surface area contributed by atoms with Crippen LogP contribution in [0, 0.1) is 0 Å². The molecule has 0 bridgehead atoms. The van der Waals surface area contributed by atoms with E-state index in [9.17, 15) is 30.7 Å². The number of rotatable bonds is 20. The molecule has 0 atom stereocenters. The van der Waals surface area contributed by atoms with Crippen LogP contribution in [0.25, 0.3) is 0 Å². The van der Waals surface area contributed by atoms with E-state index in [4.69, 9.17) is 15.2 Å². The second kappa shape index (κ2) is 18.3. The number of allylic oxidation sites excluding steroid dienone is 6. The monoisotopic (exact) mass is 787 g/mol. The smallest absolute Gasteiger partial charge is 0.294 e. The maximum Gasteiger partial charge on any atom is 0.294 e. The Kier molecular flexibility index (Phi) is 14.6. The predicted molar refractivity (Wildman–Crippen MR) is 210 cm³/mol. The van der Waals surface area contributed by atoms with E-state index in [1.807, 2.05) is 65.0 Å². The van der Waals surface area contributed by atoms with Crippen molar-refractivity contribution in [2.24, 2.45) is 5.73 Å². The summed E-state index contributed by atoms with van der Waals surface area (Å²) in [6, 6.07) is 9.35. The van der Waals surface area contributed by atoms with Crippen LogP contribution in [0.2, 0.25) is 0 Å². The van der Waals surface area contributed by atoms with Crippen molar-refractivity contribution in [1.29, 1.82) is 0 Å². The zero-order valence-electron chi connectivity index (χ0n) is 31.9. The number of ether oxygens (including phenoxy) is 2. The highest BCUT2D eigenvalue weighted by molar-refractivity contribution is 7.86. The van der Waals surface area contributed by atoms with Gasteiger partial charge in [0, 0.05) is 67.0 Å². The summed E-state index contributed by atoms with van der Waals surface area (Å²) >= 11 is 0. The van der Waals surface area contributed by atoms with Crippen LogP contribution in [0.5, 0.6) is 0 Å². The molecular weight excluding hydrogens is 733 g/mol. The number of benzene rings is 2. The normalized spacial score (nSPS) is 17.3. The molecule has 296 valence electrons. The third-order valence-corrected chi connectivity index (χ3v) is 11.6. The van der Waals surface area contributed by atoms with Crippen molar-refractivity contribution in [1.82, 2.24) is 5.32 Å². The highest BCUT2D eigenvalue weighted by Crippen LogP contribution is 2.48. The zero-order chi connectivity index (χ0) is 39.7. The number of hydrogen-bond acceptors (Lipinski definition) is 9. The molecule has 2 aliphatic rings. The summed E-state index contributed by atoms with van der Waals surface area (Å²) < 4.78 is 80.1. The van der Waals surface area contributed by atoms with Crippen LogP contribution in [-0.2, 0) is 45.3 Å². The first-order chi connectivity index (χ1) is 25.4. The Balaban J connectivity index is 1.46. The van der Waals surface area contributed by atoms with Gasteiger partial charge in [-0.2, -0.15) is 21.4 Å². The molecule has 5 N–H and O–H groups in total. The zero-order valence-corrected chi connectivity index (χ0v) is 33.5. The van der Waals surface area contributed by atoms with E-state index in [2.05, 4.69) is 14.8 Å². The van der Waals surface area contributed by atoms with Gasteiger partial charge in [0.15, 0.2) is 5.71 Å². The molecule has 0 fully saturated rings. The van der Waals surface area contributed by atoms with Gasteiger partial charge in [0.1, 0.15) is 6.54 Å². The minimum Gasteiger partial charge on any atom is -0.378 e. The molecule has 2 heterocycles. The number of nitrogens with one attached hydrogen (secondary N) is 1. The number of anilines is 1. The summed E-state index contributed by atoms with van der Waals surface area (Å²) in [5.41, 5.74) is 9.53. The van der Waals surface area contributed by atoms with E-state index in [1.165, 1.54) is 24.3 Å². The number of carbonyl (C=O) groups excluding carboxylic acids is 1. The summed E-state index contributed by atoms with van der Waals surface area (Å²) in [6.45, 7) is 14.1. The van der Waals surface area contributed by atoms with E-state index in [0.29, 0.717) is 65.4 Å². The van der Waals surface area contributed by atoms with Gasteiger partial charge >= 0.3 is 0 Å². The quantitative estimate of drug-likeness (QED) is 0.0610. The molecule has 0 radical (unpaired) electrons. The number of hydrogen-bond donors (Lipinski definition) is 4. The lowest BCUT2D eigenvalue weighted by Crippen LogP contribution is -2.28. The molecule has 2 aromatic rings. The highest BCUT2D eigenvalue weighted by atomic mass is 32.2. The number of unbranched alkanes of at least 4 members (excludes halogenated alkanes) is 2. The third kappa shape index (κ3) is 10.3. The minimum absolute atomic E-state index is 0.0323. The van der Waals surface area contributed by atoms with Gasteiger partial charge in [-0.05, 0) is 75.6 Å². The molecule has 2 aliphatic heterocycles. The molecule has 15 heteroatoms. The van der Waals surface area contributed by atoms with Crippen molar-refractivity contribution in [2.45, 2.75) is 80.9 Å². The van der Waals surface area contributed by atoms with Gasteiger partial charge in [0.2, 0.25) is 11.6 Å². The fourth-order valence-electron chi connectivity index (χ4n) is 7.06. The number of nitrogens with two attached hydrogens (primary N) is 1. The number of fused-ring (bicyclic) bond motifs is 2. The molecule has 0 spiro atoms. The lowest BCUT2D eigenvalue weighted by Gasteiger charge is -2.25. The van der Waals surface area contributed by atoms with Crippen LogP contribution >= 0.6 is 0 Å². The predicted octanol–water partition coefficient (Wildman–Crippen LogP) is 5.04. The fourth-order valence-corrected chi connectivity index (χ4v) is 8.07. The van der Waals surface area contributed by atoms with Crippen molar-refractivity contribution in [3.8, 4) is 0 Å². The first-order valence-electron chi connectivity index (χ1n) is 18.3. The average Bonchev–Trinajstić information content (AvgIpc) is 3.45. The maximum absolute atomic E-state index is 12.3. The van der Waals surface area contributed by atoms with Gasteiger partial charge in [-0.3, -0.25) is 13.9 Å². The van der Waals surface area contributed by atoms with Crippen molar-refractivity contribution >= 4 is 43.2 Å². The summed E-state index contributed by atoms with van der Waals surface area (Å²) in [5.74, 6) is -0.0323. The number of amides is 1. The standard InChI is InChI=1S/C39H54N4O9S2/c1-6-42-33-18-16-29(53(45,46)47)27-31(33)38(2,3)35(42)13-9-7-10-14-36-39(4,5)32-28-30(54(48,49)50)17-19-34(32)43(36)22-12-8-11-15-37(44)41-21-24-52-26-25-51-23-20-40/h7,9-10,13-14,16-19,27-28H,6,8,11-12,15,20-26,40H2,1-5H3,(H2-,41,44,45,46,47,48,49,50)/p+1. The Morgan fingerprint density at radius 2 is 1.50 bits per heavy atom. The molecule has 4 rings (SSSR count). The summed E-state index contributed by atoms with van der Waals surface area (Å²) in [7, 11) is -8.75. The van der Waals surface area contributed by atoms with Gasteiger partial charge < -0.3 is 25.4 Å². The van der Waals surface area contributed by atoms with E-state index in [0.717, 1.165) is 46.8 Å². The number of nitrogens with zero attached hydrogens (tertiary/aromatic N) is 2. The largest absolute Gasteiger partial charge is 0.378 e. The number of likely N-dealkylation sites (N-methyl/N-ethyl adjacent to an activating group) is 1. The fraction of sp³-hybridized carbons (Fsp3) is 0.487. The second-order valence-corrected chi connectivity index (χ2v) is 17.2. The van der Waals surface area contributed by atoms with Crippen molar-refractivity contribution in [3.05, 3.63) is 83.6 Å².